The summed E-state index contributed by atoms with van der Waals surface area (Å²) in [7, 11) is 0. The zero-order valence-corrected chi connectivity index (χ0v) is 15.2. The molecule has 0 aliphatic carbocycles. The molecule has 2 aliphatic rings. The summed E-state index contributed by atoms with van der Waals surface area (Å²) in [5.74, 6) is -5.32. The smallest absolute Gasteiger partial charge is 0.352 e. The second-order valence-corrected chi connectivity index (χ2v) is 7.13. The standard InChI is InChI=1S/C17H14F2N2O6S/c1-7(22)27-5-8-6-28-16-12(15(24)21(16)13(8)17(25)26)20-14(23)10-3-2-9(18)4-11(10)19/h2-4,12,16H,5-6H2,1H3,(H,20,23)(H,25,26)/t12-,16-/m0/s1. The van der Waals surface area contributed by atoms with Crippen molar-refractivity contribution in [3.05, 3.63) is 46.7 Å². The first-order valence-electron chi connectivity index (χ1n) is 8.00. The minimum Gasteiger partial charge on any atom is -0.477 e. The lowest BCUT2D eigenvalue weighted by Gasteiger charge is -2.49. The normalized spacial score (nSPS) is 21.0. The predicted molar refractivity (Wildman–Crippen MR) is 92.0 cm³/mol. The van der Waals surface area contributed by atoms with Crippen molar-refractivity contribution >= 4 is 35.5 Å². The van der Waals surface area contributed by atoms with Crippen LogP contribution in [0, 0.1) is 11.6 Å². The van der Waals surface area contributed by atoms with Gasteiger partial charge in [0.05, 0.1) is 5.56 Å². The number of thioether (sulfide) groups is 1. The number of rotatable bonds is 5. The lowest BCUT2D eigenvalue weighted by Crippen LogP contribution is -2.70. The summed E-state index contributed by atoms with van der Waals surface area (Å²) in [6.45, 7) is 0.910. The first kappa shape index (κ1) is 19.8. The molecule has 2 aliphatic heterocycles. The van der Waals surface area contributed by atoms with Gasteiger partial charge >= 0.3 is 11.9 Å². The summed E-state index contributed by atoms with van der Waals surface area (Å²) in [6.07, 6.45) is 0. The molecule has 1 saturated heterocycles. The lowest BCUT2D eigenvalue weighted by atomic mass is 10.0. The molecule has 0 radical (unpaired) electrons. The SMILES string of the molecule is CC(=O)OCC1=C(C(=O)O)N2C(=O)[C@H](NC(=O)c3ccc(F)cc3F)[C@@H]2SC1. The van der Waals surface area contributed by atoms with Crippen LogP contribution in [0.4, 0.5) is 8.78 Å². The zero-order chi connectivity index (χ0) is 20.6. The van der Waals surface area contributed by atoms with Crippen LogP contribution in [-0.4, -0.2) is 57.5 Å². The first-order chi connectivity index (χ1) is 13.2. The average molecular weight is 412 g/mol. The van der Waals surface area contributed by atoms with E-state index in [0.717, 1.165) is 17.0 Å². The molecule has 2 amide bonds. The van der Waals surface area contributed by atoms with Gasteiger partial charge in [-0.05, 0) is 12.1 Å². The molecule has 2 atom stereocenters. The van der Waals surface area contributed by atoms with Gasteiger partial charge < -0.3 is 15.2 Å². The Morgan fingerprint density at radius 2 is 2.07 bits per heavy atom. The van der Waals surface area contributed by atoms with Gasteiger partial charge in [-0.3, -0.25) is 19.3 Å². The fourth-order valence-electron chi connectivity index (χ4n) is 2.88. The predicted octanol–water partition coefficient (Wildman–Crippen LogP) is 0.880. The van der Waals surface area contributed by atoms with Gasteiger partial charge in [-0.25, -0.2) is 13.6 Å². The van der Waals surface area contributed by atoms with Crippen LogP contribution in [0.25, 0.3) is 0 Å². The highest BCUT2D eigenvalue weighted by atomic mass is 32.2. The Kier molecular flexibility index (Phi) is 5.36. The number of carbonyl (C=O) groups excluding carboxylic acids is 3. The number of carboxylic acid groups (broad SMARTS) is 1. The number of nitrogens with zero attached hydrogens (tertiary/aromatic N) is 1. The number of benzene rings is 1. The highest BCUT2D eigenvalue weighted by Crippen LogP contribution is 2.40. The monoisotopic (exact) mass is 412 g/mol. The van der Waals surface area contributed by atoms with Crippen LogP contribution in [0.3, 0.4) is 0 Å². The minimum absolute atomic E-state index is 0.167. The fraction of sp³-hybridized carbons (Fsp3) is 0.294. The molecule has 1 fully saturated rings. The third kappa shape index (κ3) is 3.57. The minimum atomic E-state index is -1.37. The quantitative estimate of drug-likeness (QED) is 0.545. The van der Waals surface area contributed by atoms with E-state index in [4.69, 9.17) is 4.74 Å². The maximum atomic E-state index is 13.7. The molecule has 11 heteroatoms. The summed E-state index contributed by atoms with van der Waals surface area (Å²) in [4.78, 5) is 48.2. The van der Waals surface area contributed by atoms with Gasteiger partial charge in [0.1, 0.15) is 35.4 Å². The molecule has 0 saturated carbocycles. The van der Waals surface area contributed by atoms with E-state index >= 15 is 0 Å². The van der Waals surface area contributed by atoms with Crippen LogP contribution in [-0.2, 0) is 19.1 Å². The average Bonchev–Trinajstić information content (AvgIpc) is 2.63. The Bertz CT molecular complexity index is 919. The third-order valence-electron chi connectivity index (χ3n) is 4.16. The van der Waals surface area contributed by atoms with E-state index in [1.165, 1.54) is 18.7 Å². The second kappa shape index (κ2) is 7.58. The van der Waals surface area contributed by atoms with E-state index in [9.17, 15) is 33.1 Å². The second-order valence-electron chi connectivity index (χ2n) is 6.02. The summed E-state index contributed by atoms with van der Waals surface area (Å²) in [5, 5.41) is 11.1. The Morgan fingerprint density at radius 3 is 2.68 bits per heavy atom. The van der Waals surface area contributed by atoms with E-state index in [2.05, 4.69) is 5.32 Å². The van der Waals surface area contributed by atoms with Gasteiger partial charge in [-0.15, -0.1) is 11.8 Å². The van der Waals surface area contributed by atoms with Gasteiger partial charge in [-0.1, -0.05) is 0 Å². The molecule has 0 spiro atoms. The summed E-state index contributed by atoms with van der Waals surface area (Å²) in [5.41, 5.74) is -0.474. The van der Waals surface area contributed by atoms with E-state index in [1.54, 1.807) is 0 Å². The summed E-state index contributed by atoms with van der Waals surface area (Å²) < 4.78 is 31.5. The molecule has 2 heterocycles. The number of hydrogen-bond acceptors (Lipinski definition) is 6. The van der Waals surface area contributed by atoms with E-state index < -0.39 is 52.4 Å². The molecule has 148 valence electrons. The number of halogens is 2. The van der Waals surface area contributed by atoms with Crippen LogP contribution >= 0.6 is 11.8 Å². The fourth-order valence-corrected chi connectivity index (χ4v) is 4.20. The topological polar surface area (TPSA) is 113 Å². The lowest BCUT2D eigenvalue weighted by molar-refractivity contribution is -0.149. The number of esters is 1. The van der Waals surface area contributed by atoms with Crippen LogP contribution in [0.1, 0.15) is 17.3 Å². The molecule has 0 aromatic heterocycles. The maximum Gasteiger partial charge on any atom is 0.352 e. The number of carboxylic acids is 1. The molecule has 8 nitrogen and oxygen atoms in total. The molecule has 2 N–H and O–H groups in total. The third-order valence-corrected chi connectivity index (χ3v) is 5.50. The van der Waals surface area contributed by atoms with Crippen molar-refractivity contribution in [2.75, 3.05) is 12.4 Å². The molecular weight excluding hydrogens is 398 g/mol. The molecule has 1 aromatic rings. The molecule has 1 aromatic carbocycles. The maximum absolute atomic E-state index is 13.7. The number of aliphatic carboxylic acids is 1. The number of fused-ring (bicyclic) bond motifs is 1. The number of carbonyl (C=O) groups is 4. The Hall–Kier alpha value is -2.95. The highest BCUT2D eigenvalue weighted by molar-refractivity contribution is 8.00. The van der Waals surface area contributed by atoms with Crippen LogP contribution < -0.4 is 5.32 Å². The molecular formula is C17H14F2N2O6S. The van der Waals surface area contributed by atoms with E-state index in [1.807, 2.05) is 0 Å². The Balaban J connectivity index is 1.77. The van der Waals surface area contributed by atoms with Crippen molar-refractivity contribution < 1.29 is 37.8 Å². The number of β-lactam (4-membered cyclic amide) rings is 1. The van der Waals surface area contributed by atoms with Gasteiger partial charge in [0, 0.05) is 24.3 Å². The van der Waals surface area contributed by atoms with Crippen molar-refractivity contribution in [3.8, 4) is 0 Å². The van der Waals surface area contributed by atoms with Gasteiger partial charge in [0.15, 0.2) is 0 Å². The largest absolute Gasteiger partial charge is 0.477 e. The van der Waals surface area contributed by atoms with E-state index in [0.29, 0.717) is 6.07 Å². The summed E-state index contributed by atoms with van der Waals surface area (Å²) in [6, 6.07) is 1.35. The zero-order valence-electron chi connectivity index (χ0n) is 14.4. The Labute approximate surface area is 161 Å². The number of ether oxygens (including phenoxy) is 1. The van der Waals surface area contributed by atoms with Crippen LogP contribution in [0.5, 0.6) is 0 Å². The van der Waals surface area contributed by atoms with Crippen molar-refractivity contribution in [1.82, 2.24) is 10.2 Å². The highest BCUT2D eigenvalue weighted by Gasteiger charge is 2.54. The van der Waals surface area contributed by atoms with E-state index in [-0.39, 0.29) is 23.6 Å². The number of nitrogens with one attached hydrogen (secondary N) is 1. The van der Waals surface area contributed by atoms with Crippen molar-refractivity contribution in [1.29, 1.82) is 0 Å². The molecule has 28 heavy (non-hydrogen) atoms. The summed E-state index contributed by atoms with van der Waals surface area (Å²) >= 11 is 1.17. The van der Waals surface area contributed by atoms with Crippen molar-refractivity contribution in [3.63, 3.8) is 0 Å². The van der Waals surface area contributed by atoms with Crippen LogP contribution in [0.2, 0.25) is 0 Å². The molecule has 3 rings (SSSR count). The van der Waals surface area contributed by atoms with Gasteiger partial charge in [0.25, 0.3) is 11.8 Å². The molecule has 0 bridgehead atoms. The number of amides is 2. The van der Waals surface area contributed by atoms with Crippen LogP contribution in [0.15, 0.2) is 29.5 Å². The Morgan fingerprint density at radius 1 is 1.36 bits per heavy atom. The first-order valence-corrected chi connectivity index (χ1v) is 9.05. The van der Waals surface area contributed by atoms with Gasteiger partial charge in [-0.2, -0.15) is 0 Å². The van der Waals surface area contributed by atoms with Crippen molar-refractivity contribution in [2.45, 2.75) is 18.3 Å². The number of hydrogen-bond donors (Lipinski definition) is 2. The molecule has 0 unspecified atom stereocenters. The van der Waals surface area contributed by atoms with Crippen molar-refractivity contribution in [2.24, 2.45) is 0 Å². The van der Waals surface area contributed by atoms with Gasteiger partial charge in [0.2, 0.25) is 0 Å².